The summed E-state index contributed by atoms with van der Waals surface area (Å²) in [5, 5.41) is 3.61. The van der Waals surface area contributed by atoms with Crippen LogP contribution in [0, 0.1) is 0 Å². The van der Waals surface area contributed by atoms with Gasteiger partial charge in [-0.2, -0.15) is 0 Å². The van der Waals surface area contributed by atoms with Crippen LogP contribution in [-0.4, -0.2) is 19.7 Å². The van der Waals surface area contributed by atoms with Gasteiger partial charge in [-0.25, -0.2) is 13.4 Å². The van der Waals surface area contributed by atoms with Gasteiger partial charge in [0.05, 0.1) is 9.92 Å². The van der Waals surface area contributed by atoms with Gasteiger partial charge in [0.2, 0.25) is 0 Å². The Morgan fingerprint density at radius 1 is 1.11 bits per heavy atom. The lowest BCUT2D eigenvalue weighted by Gasteiger charge is -2.06. The molecule has 1 N–H and O–H groups in total. The average molecular weight is 283 g/mol. The highest BCUT2D eigenvalue weighted by Crippen LogP contribution is 2.18. The molecule has 0 radical (unpaired) electrons. The van der Waals surface area contributed by atoms with E-state index in [9.17, 15) is 8.42 Å². The first-order valence-electron chi connectivity index (χ1n) is 5.14. The molecule has 1 aromatic carbocycles. The Morgan fingerprint density at radius 3 is 2.28 bits per heavy atom. The number of hydrogen-bond acceptors (Lipinski definition) is 4. The summed E-state index contributed by atoms with van der Waals surface area (Å²) in [4.78, 5) is 4.37. The number of aromatic nitrogens is 1. The van der Waals surface area contributed by atoms with Crippen LogP contribution >= 0.6 is 11.6 Å². The molecule has 0 aliphatic carbocycles. The van der Waals surface area contributed by atoms with Gasteiger partial charge in [-0.05, 0) is 36.4 Å². The smallest absolute Gasteiger partial charge is 0.175 e. The Balaban J connectivity index is 2.18. The summed E-state index contributed by atoms with van der Waals surface area (Å²) in [6, 6.07) is 9.94. The van der Waals surface area contributed by atoms with Crippen molar-refractivity contribution >= 4 is 32.9 Å². The van der Waals surface area contributed by atoms with E-state index in [-0.39, 0.29) is 4.90 Å². The van der Waals surface area contributed by atoms with E-state index in [1.165, 1.54) is 12.5 Å². The number of nitrogens with zero attached hydrogens (tertiary/aromatic N) is 1. The maximum absolute atomic E-state index is 11.3. The van der Waals surface area contributed by atoms with Gasteiger partial charge in [0, 0.05) is 18.1 Å². The summed E-state index contributed by atoms with van der Waals surface area (Å²) < 4.78 is 22.6. The molecule has 0 amide bonds. The van der Waals surface area contributed by atoms with Gasteiger partial charge in [0.1, 0.15) is 5.82 Å². The zero-order chi connectivity index (χ0) is 13.2. The van der Waals surface area contributed by atoms with Crippen molar-refractivity contribution in [2.45, 2.75) is 4.90 Å². The molecule has 0 saturated heterocycles. The predicted molar refractivity (Wildman–Crippen MR) is 72.1 cm³/mol. The van der Waals surface area contributed by atoms with Crippen LogP contribution in [0.1, 0.15) is 0 Å². The van der Waals surface area contributed by atoms with Crippen LogP contribution in [0.15, 0.2) is 47.5 Å². The van der Waals surface area contributed by atoms with E-state index in [2.05, 4.69) is 10.3 Å². The summed E-state index contributed by atoms with van der Waals surface area (Å²) >= 11 is 5.73. The van der Waals surface area contributed by atoms with Crippen LogP contribution in [0.2, 0.25) is 5.02 Å². The molecule has 0 bridgehead atoms. The topological polar surface area (TPSA) is 59.1 Å². The summed E-state index contributed by atoms with van der Waals surface area (Å²) in [6.45, 7) is 0. The van der Waals surface area contributed by atoms with Crippen molar-refractivity contribution in [3.63, 3.8) is 0 Å². The minimum absolute atomic E-state index is 0.289. The van der Waals surface area contributed by atoms with E-state index in [0.29, 0.717) is 10.8 Å². The molecule has 0 saturated carbocycles. The van der Waals surface area contributed by atoms with Crippen molar-refractivity contribution in [3.05, 3.63) is 47.6 Å². The molecular weight excluding hydrogens is 272 g/mol. The van der Waals surface area contributed by atoms with Gasteiger partial charge >= 0.3 is 0 Å². The molecule has 1 aromatic heterocycles. The highest BCUT2D eigenvalue weighted by atomic mass is 35.5. The standard InChI is InChI=1S/C12H11ClN2O2S/c1-18(16,17)11-5-3-10(4-6-11)15-12-7-2-9(13)8-14-12/h2-8H,1H3,(H,14,15). The van der Waals surface area contributed by atoms with Crippen LogP contribution < -0.4 is 5.32 Å². The fourth-order valence-electron chi connectivity index (χ4n) is 1.38. The minimum Gasteiger partial charge on any atom is -0.340 e. The minimum atomic E-state index is -3.16. The summed E-state index contributed by atoms with van der Waals surface area (Å²) in [5.41, 5.74) is 0.761. The molecular formula is C12H11ClN2O2S. The van der Waals surface area contributed by atoms with E-state index in [1.54, 1.807) is 36.4 Å². The van der Waals surface area contributed by atoms with Crippen LogP contribution in [0.4, 0.5) is 11.5 Å². The average Bonchev–Trinajstić information content (AvgIpc) is 2.32. The Hall–Kier alpha value is -1.59. The fourth-order valence-corrected chi connectivity index (χ4v) is 2.13. The number of anilines is 2. The Labute approximate surface area is 111 Å². The maximum Gasteiger partial charge on any atom is 0.175 e. The predicted octanol–water partition coefficient (Wildman–Crippen LogP) is 2.88. The molecule has 1 heterocycles. The van der Waals surface area contributed by atoms with Gasteiger partial charge in [0.25, 0.3) is 0 Å². The summed E-state index contributed by atoms with van der Waals surface area (Å²) in [5.74, 6) is 0.645. The Bertz CT molecular complexity index is 637. The molecule has 0 aliphatic rings. The number of benzene rings is 1. The molecule has 4 nitrogen and oxygen atoms in total. The highest BCUT2D eigenvalue weighted by molar-refractivity contribution is 7.90. The van der Waals surface area contributed by atoms with Crippen molar-refractivity contribution < 1.29 is 8.42 Å². The number of pyridine rings is 1. The molecule has 6 heteroatoms. The normalized spacial score (nSPS) is 11.2. The Kier molecular flexibility index (Phi) is 3.54. The summed E-state index contributed by atoms with van der Waals surface area (Å²) in [6.07, 6.45) is 2.71. The Morgan fingerprint density at radius 2 is 1.78 bits per heavy atom. The molecule has 18 heavy (non-hydrogen) atoms. The number of hydrogen-bond donors (Lipinski definition) is 1. The third-order valence-electron chi connectivity index (χ3n) is 2.28. The molecule has 94 valence electrons. The van der Waals surface area contributed by atoms with E-state index in [4.69, 9.17) is 11.6 Å². The summed E-state index contributed by atoms with van der Waals surface area (Å²) in [7, 11) is -3.16. The zero-order valence-corrected chi connectivity index (χ0v) is 11.2. The molecule has 0 spiro atoms. The number of rotatable bonds is 3. The largest absolute Gasteiger partial charge is 0.340 e. The van der Waals surface area contributed by atoms with E-state index in [0.717, 1.165) is 5.69 Å². The van der Waals surface area contributed by atoms with Gasteiger partial charge in [-0.1, -0.05) is 11.6 Å². The number of halogens is 1. The molecule has 0 aliphatic heterocycles. The van der Waals surface area contributed by atoms with Crippen LogP contribution in [0.3, 0.4) is 0 Å². The molecule has 0 atom stereocenters. The molecule has 2 aromatic rings. The molecule has 2 rings (SSSR count). The molecule has 0 unspecified atom stereocenters. The van der Waals surface area contributed by atoms with Gasteiger partial charge in [0.15, 0.2) is 9.84 Å². The van der Waals surface area contributed by atoms with Crippen molar-refractivity contribution in [2.24, 2.45) is 0 Å². The lowest BCUT2D eigenvalue weighted by molar-refractivity contribution is 0.602. The van der Waals surface area contributed by atoms with Crippen LogP contribution in [0.5, 0.6) is 0 Å². The monoisotopic (exact) mass is 282 g/mol. The lowest BCUT2D eigenvalue weighted by atomic mass is 10.3. The van der Waals surface area contributed by atoms with Crippen LogP contribution in [-0.2, 0) is 9.84 Å². The van der Waals surface area contributed by atoms with E-state index < -0.39 is 9.84 Å². The van der Waals surface area contributed by atoms with Crippen molar-refractivity contribution in [3.8, 4) is 0 Å². The first-order valence-corrected chi connectivity index (χ1v) is 7.41. The van der Waals surface area contributed by atoms with Gasteiger partial charge in [-0.3, -0.25) is 0 Å². The second-order valence-corrected chi connectivity index (χ2v) is 6.24. The SMILES string of the molecule is CS(=O)(=O)c1ccc(Nc2ccc(Cl)cn2)cc1. The second kappa shape index (κ2) is 4.96. The quantitative estimate of drug-likeness (QED) is 0.940. The van der Waals surface area contributed by atoms with Crippen molar-refractivity contribution in [2.75, 3.05) is 11.6 Å². The first-order chi connectivity index (χ1) is 8.45. The fraction of sp³-hybridized carbons (Fsp3) is 0.0833. The van der Waals surface area contributed by atoms with Gasteiger partial charge < -0.3 is 5.32 Å². The third kappa shape index (κ3) is 3.21. The van der Waals surface area contributed by atoms with Crippen molar-refractivity contribution in [1.82, 2.24) is 4.98 Å². The number of nitrogens with one attached hydrogen (secondary N) is 1. The maximum atomic E-state index is 11.3. The van der Waals surface area contributed by atoms with Crippen molar-refractivity contribution in [1.29, 1.82) is 0 Å². The van der Waals surface area contributed by atoms with Crippen LogP contribution in [0.25, 0.3) is 0 Å². The molecule has 0 fully saturated rings. The third-order valence-corrected chi connectivity index (χ3v) is 3.63. The second-order valence-electron chi connectivity index (χ2n) is 3.78. The van der Waals surface area contributed by atoms with E-state index in [1.807, 2.05) is 0 Å². The lowest BCUT2D eigenvalue weighted by Crippen LogP contribution is -1.97. The first kappa shape index (κ1) is 12.9. The number of sulfone groups is 1. The van der Waals surface area contributed by atoms with Gasteiger partial charge in [-0.15, -0.1) is 0 Å². The highest BCUT2D eigenvalue weighted by Gasteiger charge is 2.06. The van der Waals surface area contributed by atoms with E-state index >= 15 is 0 Å². The zero-order valence-electron chi connectivity index (χ0n) is 9.59.